The van der Waals surface area contributed by atoms with Gasteiger partial charge in [0, 0.05) is 6.54 Å². The molecule has 1 aromatic carbocycles. The van der Waals surface area contributed by atoms with Gasteiger partial charge in [0.1, 0.15) is 0 Å². The summed E-state index contributed by atoms with van der Waals surface area (Å²) in [6, 6.07) is 7.56. The lowest BCUT2D eigenvalue weighted by Crippen LogP contribution is -2.18. The quantitative estimate of drug-likeness (QED) is 0.765. The normalized spacial score (nSPS) is 11.2. The van der Waals surface area contributed by atoms with Crippen molar-refractivity contribution in [3.05, 3.63) is 34.8 Å². The average Bonchev–Trinajstić information content (AvgIpc) is 2.70. The minimum atomic E-state index is -0.252. The van der Waals surface area contributed by atoms with E-state index >= 15 is 0 Å². The third-order valence-corrected chi connectivity index (χ3v) is 2.99. The van der Waals surface area contributed by atoms with Crippen molar-refractivity contribution < 1.29 is 4.42 Å². The fraction of sp³-hybridized carbons (Fsp3) is 0.500. The minimum absolute atomic E-state index is 0.252. The zero-order valence-corrected chi connectivity index (χ0v) is 10.8. The van der Waals surface area contributed by atoms with Gasteiger partial charge >= 0.3 is 5.76 Å². The van der Waals surface area contributed by atoms with Gasteiger partial charge < -0.3 is 9.73 Å². The monoisotopic (exact) mass is 248 g/mol. The van der Waals surface area contributed by atoms with Crippen LogP contribution in [0.15, 0.2) is 33.5 Å². The molecule has 98 valence electrons. The van der Waals surface area contributed by atoms with Gasteiger partial charge in [-0.2, -0.15) is 0 Å². The van der Waals surface area contributed by atoms with Crippen LogP contribution in [0.1, 0.15) is 26.2 Å². The van der Waals surface area contributed by atoms with Gasteiger partial charge in [-0.05, 0) is 44.5 Å². The third kappa shape index (κ3) is 3.01. The summed E-state index contributed by atoms with van der Waals surface area (Å²) in [6.45, 7) is 4.96. The maximum Gasteiger partial charge on any atom is 0.419 e. The van der Waals surface area contributed by atoms with Crippen LogP contribution < -0.4 is 11.1 Å². The molecule has 0 saturated heterocycles. The molecule has 2 rings (SSSR count). The molecular weight excluding hydrogens is 228 g/mol. The lowest BCUT2D eigenvalue weighted by atomic mass is 10.3. The zero-order chi connectivity index (χ0) is 12.8. The Morgan fingerprint density at radius 2 is 2.06 bits per heavy atom. The third-order valence-electron chi connectivity index (χ3n) is 2.99. The fourth-order valence-corrected chi connectivity index (χ4v) is 2.05. The fourth-order valence-electron chi connectivity index (χ4n) is 2.05. The van der Waals surface area contributed by atoms with E-state index in [2.05, 4.69) is 12.2 Å². The van der Waals surface area contributed by atoms with E-state index < -0.39 is 0 Å². The Balaban J connectivity index is 1.91. The standard InChI is InChI=1S/C14H20N2O2/c1-2-9-15-10-5-6-11-16-12-7-3-4-8-13(12)18-14(16)17/h3-4,7-8,15H,2,5-6,9-11H2,1H3. The molecule has 0 unspecified atom stereocenters. The highest BCUT2D eigenvalue weighted by molar-refractivity contribution is 5.72. The summed E-state index contributed by atoms with van der Waals surface area (Å²) in [6.07, 6.45) is 3.22. The molecule has 2 aromatic rings. The second-order valence-electron chi connectivity index (χ2n) is 4.44. The zero-order valence-electron chi connectivity index (χ0n) is 10.8. The Hall–Kier alpha value is -1.55. The highest BCUT2D eigenvalue weighted by Gasteiger charge is 2.07. The molecule has 0 spiro atoms. The Morgan fingerprint density at radius 1 is 1.22 bits per heavy atom. The Kier molecular flexibility index (Phi) is 4.59. The lowest BCUT2D eigenvalue weighted by molar-refractivity contribution is 0.488. The number of rotatable bonds is 7. The summed E-state index contributed by atoms with van der Waals surface area (Å²) in [5.41, 5.74) is 1.57. The van der Waals surface area contributed by atoms with Gasteiger partial charge in [0.2, 0.25) is 0 Å². The van der Waals surface area contributed by atoms with Crippen molar-refractivity contribution in [2.24, 2.45) is 0 Å². The molecule has 0 aliphatic heterocycles. The van der Waals surface area contributed by atoms with E-state index in [-0.39, 0.29) is 5.76 Å². The molecule has 1 aromatic heterocycles. The number of aryl methyl sites for hydroxylation is 1. The van der Waals surface area contributed by atoms with Crippen LogP contribution in [0.2, 0.25) is 0 Å². The number of fused-ring (bicyclic) bond motifs is 1. The summed E-state index contributed by atoms with van der Waals surface area (Å²) in [5, 5.41) is 3.36. The Morgan fingerprint density at radius 3 is 2.89 bits per heavy atom. The number of nitrogens with one attached hydrogen (secondary N) is 1. The predicted octanol–water partition coefficient (Wildman–Crippen LogP) is 2.37. The first-order valence-electron chi connectivity index (χ1n) is 6.62. The number of para-hydroxylation sites is 2. The minimum Gasteiger partial charge on any atom is -0.408 e. The number of aromatic nitrogens is 1. The molecule has 0 aliphatic carbocycles. The molecular formula is C14H20N2O2. The largest absolute Gasteiger partial charge is 0.419 e. The van der Waals surface area contributed by atoms with Crippen LogP contribution >= 0.6 is 0 Å². The highest BCUT2D eigenvalue weighted by Crippen LogP contribution is 2.12. The molecule has 0 atom stereocenters. The number of unbranched alkanes of at least 4 members (excludes halogenated alkanes) is 1. The summed E-state index contributed by atoms with van der Waals surface area (Å²) < 4.78 is 6.90. The molecule has 4 nitrogen and oxygen atoms in total. The number of benzene rings is 1. The van der Waals surface area contributed by atoms with Crippen molar-refractivity contribution in [3.63, 3.8) is 0 Å². The second-order valence-corrected chi connectivity index (χ2v) is 4.44. The molecule has 0 amide bonds. The van der Waals surface area contributed by atoms with Crippen molar-refractivity contribution >= 4 is 11.1 Å². The van der Waals surface area contributed by atoms with Crippen LogP contribution in [-0.4, -0.2) is 17.7 Å². The van der Waals surface area contributed by atoms with Gasteiger partial charge in [-0.1, -0.05) is 19.1 Å². The molecule has 0 fully saturated rings. The lowest BCUT2D eigenvalue weighted by Gasteiger charge is -2.03. The predicted molar refractivity (Wildman–Crippen MR) is 72.9 cm³/mol. The maximum atomic E-state index is 11.7. The maximum absolute atomic E-state index is 11.7. The molecule has 0 bridgehead atoms. The highest BCUT2D eigenvalue weighted by atomic mass is 16.4. The Labute approximate surface area is 107 Å². The molecule has 0 radical (unpaired) electrons. The molecule has 1 heterocycles. The first-order valence-corrected chi connectivity index (χ1v) is 6.62. The van der Waals surface area contributed by atoms with Crippen LogP contribution in [0, 0.1) is 0 Å². The van der Waals surface area contributed by atoms with Gasteiger partial charge in [0.15, 0.2) is 5.58 Å². The SMILES string of the molecule is CCCNCCCCn1c(=O)oc2ccccc21. The van der Waals surface area contributed by atoms with Crippen LogP contribution in [0.4, 0.5) is 0 Å². The van der Waals surface area contributed by atoms with Gasteiger partial charge in [-0.3, -0.25) is 4.57 Å². The summed E-state index contributed by atoms with van der Waals surface area (Å²) in [5.74, 6) is -0.252. The van der Waals surface area contributed by atoms with Crippen molar-refractivity contribution in [2.75, 3.05) is 13.1 Å². The Bertz CT molecular complexity index is 542. The average molecular weight is 248 g/mol. The van der Waals surface area contributed by atoms with E-state index in [0.29, 0.717) is 5.58 Å². The van der Waals surface area contributed by atoms with Crippen LogP contribution in [-0.2, 0) is 6.54 Å². The van der Waals surface area contributed by atoms with Crippen LogP contribution in [0.3, 0.4) is 0 Å². The van der Waals surface area contributed by atoms with Crippen molar-refractivity contribution in [3.8, 4) is 0 Å². The summed E-state index contributed by atoms with van der Waals surface area (Å²) in [4.78, 5) is 11.7. The van der Waals surface area contributed by atoms with Crippen molar-refractivity contribution in [1.82, 2.24) is 9.88 Å². The van der Waals surface area contributed by atoms with Crippen molar-refractivity contribution in [2.45, 2.75) is 32.7 Å². The first kappa shape index (κ1) is 12.9. The van der Waals surface area contributed by atoms with E-state index in [1.54, 1.807) is 4.57 Å². The molecule has 0 saturated carbocycles. The van der Waals surface area contributed by atoms with E-state index in [0.717, 1.165) is 44.4 Å². The number of hydrogen-bond acceptors (Lipinski definition) is 3. The van der Waals surface area contributed by atoms with E-state index in [9.17, 15) is 4.79 Å². The van der Waals surface area contributed by atoms with Crippen LogP contribution in [0.25, 0.3) is 11.1 Å². The summed E-state index contributed by atoms with van der Waals surface area (Å²) in [7, 11) is 0. The molecule has 18 heavy (non-hydrogen) atoms. The summed E-state index contributed by atoms with van der Waals surface area (Å²) >= 11 is 0. The van der Waals surface area contributed by atoms with Gasteiger partial charge in [0.25, 0.3) is 0 Å². The molecule has 0 aliphatic rings. The van der Waals surface area contributed by atoms with Gasteiger partial charge in [0.05, 0.1) is 5.52 Å². The number of oxazole rings is 1. The van der Waals surface area contributed by atoms with E-state index in [4.69, 9.17) is 4.42 Å². The molecule has 1 N–H and O–H groups in total. The van der Waals surface area contributed by atoms with Gasteiger partial charge in [-0.15, -0.1) is 0 Å². The van der Waals surface area contributed by atoms with Crippen LogP contribution in [0.5, 0.6) is 0 Å². The van der Waals surface area contributed by atoms with Crippen molar-refractivity contribution in [1.29, 1.82) is 0 Å². The number of hydrogen-bond donors (Lipinski definition) is 1. The smallest absolute Gasteiger partial charge is 0.408 e. The van der Waals surface area contributed by atoms with E-state index in [1.165, 1.54) is 0 Å². The number of nitrogens with zero attached hydrogens (tertiary/aromatic N) is 1. The second kappa shape index (κ2) is 6.40. The topological polar surface area (TPSA) is 47.2 Å². The molecule has 4 heteroatoms. The van der Waals surface area contributed by atoms with E-state index in [1.807, 2.05) is 24.3 Å². The van der Waals surface area contributed by atoms with Gasteiger partial charge in [-0.25, -0.2) is 4.79 Å². The first-order chi connectivity index (χ1) is 8.83.